The van der Waals surface area contributed by atoms with Gasteiger partial charge in [0.1, 0.15) is 0 Å². The van der Waals surface area contributed by atoms with Crippen molar-refractivity contribution >= 4 is 23.5 Å². The Morgan fingerprint density at radius 1 is 1.42 bits per heavy atom. The van der Waals surface area contributed by atoms with Crippen LogP contribution >= 0.6 is 18.6 Å². The van der Waals surface area contributed by atoms with Gasteiger partial charge in [-0.15, -0.1) is 0 Å². The van der Waals surface area contributed by atoms with Crippen molar-refractivity contribution in [2.45, 2.75) is 0 Å². The predicted molar refractivity (Wildman–Crippen MR) is 52.9 cm³/mol. The molecule has 0 radical (unpaired) electrons. The molecule has 0 aliphatic heterocycles. The smallest absolute Gasteiger partial charge is 0.150 e. The van der Waals surface area contributed by atoms with Gasteiger partial charge in [0.05, 0.1) is 4.91 Å². The summed E-state index contributed by atoms with van der Waals surface area (Å²) in [6.45, 7) is 3.68. The largest absolute Gasteiger partial charge is 0.588 e. The van der Waals surface area contributed by atoms with E-state index in [4.69, 9.17) is 4.89 Å². The van der Waals surface area contributed by atoms with Gasteiger partial charge < -0.3 is 0 Å². The lowest BCUT2D eigenvalue weighted by Crippen LogP contribution is -1.73. The first-order chi connectivity index (χ1) is 5.70. The van der Waals surface area contributed by atoms with Gasteiger partial charge in [-0.2, -0.15) is 4.89 Å². The van der Waals surface area contributed by atoms with Crippen molar-refractivity contribution in [2.75, 3.05) is 0 Å². The van der Waals surface area contributed by atoms with Gasteiger partial charge >= 0.3 is 7.23 Å². The third kappa shape index (κ3) is 2.78. The lowest BCUT2D eigenvalue weighted by molar-refractivity contribution is 0.520. The minimum atomic E-state index is -2.20. The van der Waals surface area contributed by atoms with Crippen molar-refractivity contribution in [3.8, 4) is 0 Å². The third-order valence-electron chi connectivity index (χ3n) is 1.28. The van der Waals surface area contributed by atoms with Gasteiger partial charge in [0.15, 0.2) is 11.4 Å². The lowest BCUT2D eigenvalue weighted by Gasteiger charge is -1.94. The second-order valence-electron chi connectivity index (χ2n) is 2.12. The summed E-state index contributed by atoms with van der Waals surface area (Å²) in [5, 5.41) is 0. The molecule has 0 fully saturated rings. The van der Waals surface area contributed by atoms with E-state index in [2.05, 4.69) is 6.58 Å². The molecule has 0 bridgehead atoms. The number of hydrogen-bond donors (Lipinski definition) is 1. The maximum absolute atomic E-state index is 10.4. The van der Waals surface area contributed by atoms with E-state index in [1.165, 1.54) is 0 Å². The fraction of sp³-hybridized carbons (Fsp3) is 0. The van der Waals surface area contributed by atoms with Crippen LogP contribution in [0, 0.1) is 0 Å². The highest BCUT2D eigenvalue weighted by atomic mass is 32.7. The van der Waals surface area contributed by atoms with Crippen LogP contribution in [0.15, 0.2) is 36.9 Å². The normalized spacial score (nSPS) is 10.9. The molecule has 1 rings (SSSR count). The second-order valence-corrected chi connectivity index (χ2v) is 4.75. The Labute approximate surface area is 75.9 Å². The quantitative estimate of drug-likeness (QED) is 0.760. The molecule has 62 valence electrons. The number of rotatable bonds is 3. The molecule has 12 heavy (non-hydrogen) atoms. The van der Waals surface area contributed by atoms with Crippen molar-refractivity contribution in [3.05, 3.63) is 42.5 Å². The Morgan fingerprint density at radius 2 is 2.00 bits per heavy atom. The molecule has 4 heteroatoms. The maximum atomic E-state index is 10.4. The van der Waals surface area contributed by atoms with E-state index >= 15 is 0 Å². The summed E-state index contributed by atoms with van der Waals surface area (Å²) in [6, 6.07) is 9.33. The molecule has 1 unspecified atom stereocenters. The van der Waals surface area contributed by atoms with Crippen molar-refractivity contribution in [2.24, 2.45) is 0 Å². The van der Waals surface area contributed by atoms with Gasteiger partial charge in [-0.25, -0.2) is 0 Å². The Morgan fingerprint density at radius 3 is 2.50 bits per heavy atom. The third-order valence-corrected chi connectivity index (χ3v) is 3.03. The molecule has 0 aliphatic carbocycles. The Kier molecular flexibility index (Phi) is 3.48. The zero-order chi connectivity index (χ0) is 8.97. The van der Waals surface area contributed by atoms with Crippen molar-refractivity contribution < 1.29 is 9.46 Å². The number of hydrogen-bond acceptors (Lipinski definition) is 2. The molecule has 0 aliphatic rings. The van der Waals surface area contributed by atoms with Crippen LogP contribution in [-0.4, -0.2) is 4.89 Å². The highest BCUT2D eigenvalue weighted by Crippen LogP contribution is 2.43. The minimum absolute atomic E-state index is 0.624. The van der Waals surface area contributed by atoms with Gasteiger partial charge in [-0.1, -0.05) is 36.9 Å². The van der Waals surface area contributed by atoms with E-state index in [0.717, 1.165) is 16.9 Å². The Hall–Kier alpha value is -0.630. The summed E-state index contributed by atoms with van der Waals surface area (Å²) < 4.78 is 10.4. The molecule has 0 aromatic heterocycles. The molecule has 1 aromatic rings. The summed E-state index contributed by atoms with van der Waals surface area (Å²) in [6.07, 6.45) is 0. The number of benzene rings is 1. The first kappa shape index (κ1) is 9.46. The minimum Gasteiger partial charge on any atom is -0.150 e. The Bertz CT molecular complexity index is 297. The van der Waals surface area contributed by atoms with Crippen molar-refractivity contribution in [1.82, 2.24) is 0 Å². The SMILES string of the molecule is C=C(S[P+](=O)O)c1ccccc1. The molecule has 0 saturated carbocycles. The second kappa shape index (κ2) is 4.41. The highest BCUT2D eigenvalue weighted by molar-refractivity contribution is 8.54. The van der Waals surface area contributed by atoms with Crippen LogP contribution in [0.25, 0.3) is 4.91 Å². The monoisotopic (exact) mass is 199 g/mol. The van der Waals surface area contributed by atoms with Gasteiger partial charge in [-0.05, 0) is 10.1 Å². The van der Waals surface area contributed by atoms with E-state index in [0.29, 0.717) is 4.91 Å². The van der Waals surface area contributed by atoms with E-state index in [1.807, 2.05) is 30.3 Å². The average Bonchev–Trinajstić information content (AvgIpc) is 2.05. The predicted octanol–water partition coefficient (Wildman–Crippen LogP) is 3.04. The summed E-state index contributed by atoms with van der Waals surface area (Å²) in [5.41, 5.74) is 0.889. The summed E-state index contributed by atoms with van der Waals surface area (Å²) >= 11 is 0.878. The van der Waals surface area contributed by atoms with Crippen LogP contribution in [0.1, 0.15) is 5.56 Å². The summed E-state index contributed by atoms with van der Waals surface area (Å²) in [5.74, 6) is 0. The molecule has 1 N–H and O–H groups in total. The van der Waals surface area contributed by atoms with E-state index < -0.39 is 7.23 Å². The first-order valence-electron chi connectivity index (χ1n) is 3.28. The first-order valence-corrected chi connectivity index (χ1v) is 5.92. The molecule has 0 heterocycles. The van der Waals surface area contributed by atoms with Gasteiger partial charge in [-0.3, -0.25) is 0 Å². The van der Waals surface area contributed by atoms with Crippen LogP contribution in [0.2, 0.25) is 0 Å². The fourth-order valence-electron chi connectivity index (χ4n) is 0.771. The molecular formula is C8H8O2PS+. The van der Waals surface area contributed by atoms with Crippen LogP contribution in [0.3, 0.4) is 0 Å². The van der Waals surface area contributed by atoms with Crippen molar-refractivity contribution in [1.29, 1.82) is 0 Å². The lowest BCUT2D eigenvalue weighted by atomic mass is 10.2. The molecule has 0 amide bonds. The molecule has 2 nitrogen and oxygen atoms in total. The van der Waals surface area contributed by atoms with Crippen molar-refractivity contribution in [3.63, 3.8) is 0 Å². The zero-order valence-electron chi connectivity index (χ0n) is 6.30. The molecule has 1 aromatic carbocycles. The molecular weight excluding hydrogens is 191 g/mol. The van der Waals surface area contributed by atoms with E-state index in [-0.39, 0.29) is 0 Å². The van der Waals surface area contributed by atoms with Crippen LogP contribution in [0.4, 0.5) is 0 Å². The molecule has 0 spiro atoms. The van der Waals surface area contributed by atoms with Gasteiger partial charge in [0.25, 0.3) is 0 Å². The van der Waals surface area contributed by atoms with Gasteiger partial charge in [0.2, 0.25) is 0 Å². The van der Waals surface area contributed by atoms with E-state index in [9.17, 15) is 4.57 Å². The molecule has 0 saturated heterocycles. The van der Waals surface area contributed by atoms with Crippen LogP contribution < -0.4 is 0 Å². The standard InChI is InChI=1S/C8H7O2PS/c1-7(12-11(9)10)8-5-3-2-4-6-8/h2-6H,1H2/p+1. The zero-order valence-corrected chi connectivity index (χ0v) is 8.02. The average molecular weight is 199 g/mol. The van der Waals surface area contributed by atoms with Crippen LogP contribution in [-0.2, 0) is 4.57 Å². The molecule has 1 atom stereocenters. The summed E-state index contributed by atoms with van der Waals surface area (Å²) in [7, 11) is -2.20. The Balaban J connectivity index is 2.73. The topological polar surface area (TPSA) is 37.3 Å². The summed E-state index contributed by atoms with van der Waals surface area (Å²) in [4.78, 5) is 9.22. The van der Waals surface area contributed by atoms with Gasteiger partial charge in [0, 0.05) is 0 Å². The maximum Gasteiger partial charge on any atom is 0.588 e. The van der Waals surface area contributed by atoms with E-state index in [1.54, 1.807) is 0 Å². The highest BCUT2D eigenvalue weighted by Gasteiger charge is 2.16. The fourth-order valence-corrected chi connectivity index (χ4v) is 2.08. The van der Waals surface area contributed by atoms with Crippen LogP contribution in [0.5, 0.6) is 0 Å².